The molecular formula is C14H21NO2. The van der Waals surface area contributed by atoms with Crippen molar-refractivity contribution in [3.63, 3.8) is 0 Å². The standard InChI is InChI=1S/C14H21NO2/c1-9(2)6-10(3)15-13-8-17-14-7-11(16)4-5-12(13)14/h4-5,7,9-10,13,15-16H,6,8H2,1-3H3. The lowest BCUT2D eigenvalue weighted by atomic mass is 10.0. The summed E-state index contributed by atoms with van der Waals surface area (Å²) in [5.74, 6) is 1.76. The first kappa shape index (κ1) is 12.2. The number of rotatable bonds is 4. The fourth-order valence-corrected chi connectivity index (χ4v) is 2.46. The minimum Gasteiger partial charge on any atom is -0.508 e. The molecule has 2 rings (SSSR count). The molecule has 1 heterocycles. The lowest BCUT2D eigenvalue weighted by molar-refractivity contribution is 0.290. The second kappa shape index (κ2) is 4.96. The van der Waals surface area contributed by atoms with Crippen molar-refractivity contribution in [2.45, 2.75) is 39.3 Å². The van der Waals surface area contributed by atoms with E-state index in [-0.39, 0.29) is 11.8 Å². The van der Waals surface area contributed by atoms with Crippen molar-refractivity contribution in [2.24, 2.45) is 5.92 Å². The molecule has 1 aromatic rings. The monoisotopic (exact) mass is 235 g/mol. The molecule has 1 aliphatic heterocycles. The minimum absolute atomic E-state index is 0.249. The molecule has 0 aromatic heterocycles. The fourth-order valence-electron chi connectivity index (χ4n) is 2.46. The van der Waals surface area contributed by atoms with E-state index in [9.17, 15) is 5.11 Å². The third-order valence-electron chi connectivity index (χ3n) is 3.09. The molecule has 0 fully saturated rings. The quantitative estimate of drug-likeness (QED) is 0.843. The fraction of sp³-hybridized carbons (Fsp3) is 0.571. The average Bonchev–Trinajstić information content (AvgIpc) is 2.59. The molecule has 3 nitrogen and oxygen atoms in total. The molecule has 0 bridgehead atoms. The highest BCUT2D eigenvalue weighted by molar-refractivity contribution is 5.44. The predicted molar refractivity (Wildman–Crippen MR) is 68.4 cm³/mol. The number of hydrogen-bond donors (Lipinski definition) is 2. The molecule has 1 aliphatic rings. The van der Waals surface area contributed by atoms with E-state index in [1.54, 1.807) is 12.1 Å². The van der Waals surface area contributed by atoms with Gasteiger partial charge in [0.1, 0.15) is 18.1 Å². The van der Waals surface area contributed by atoms with Crippen LogP contribution in [0.2, 0.25) is 0 Å². The third kappa shape index (κ3) is 2.91. The van der Waals surface area contributed by atoms with Gasteiger partial charge in [-0.15, -0.1) is 0 Å². The van der Waals surface area contributed by atoms with Crippen LogP contribution in [0.25, 0.3) is 0 Å². The van der Waals surface area contributed by atoms with Gasteiger partial charge in [-0.05, 0) is 31.4 Å². The zero-order chi connectivity index (χ0) is 12.4. The van der Waals surface area contributed by atoms with Crippen LogP contribution >= 0.6 is 0 Å². The molecule has 0 saturated heterocycles. The van der Waals surface area contributed by atoms with Crippen LogP contribution in [0.3, 0.4) is 0 Å². The number of phenolic OH excluding ortho intramolecular Hbond substituents is 1. The maximum Gasteiger partial charge on any atom is 0.127 e. The van der Waals surface area contributed by atoms with Gasteiger partial charge in [0.15, 0.2) is 0 Å². The molecule has 1 aromatic carbocycles. The van der Waals surface area contributed by atoms with Crippen molar-refractivity contribution >= 4 is 0 Å². The summed E-state index contributed by atoms with van der Waals surface area (Å²) in [5.41, 5.74) is 1.15. The molecule has 2 unspecified atom stereocenters. The van der Waals surface area contributed by atoms with E-state index in [1.807, 2.05) is 6.07 Å². The van der Waals surface area contributed by atoms with Crippen molar-refractivity contribution in [2.75, 3.05) is 6.61 Å². The second-order valence-electron chi connectivity index (χ2n) is 5.28. The van der Waals surface area contributed by atoms with Crippen LogP contribution in [0.15, 0.2) is 18.2 Å². The Kier molecular flexibility index (Phi) is 3.57. The predicted octanol–water partition coefficient (Wildman–Crippen LogP) is 2.85. The number of ether oxygens (including phenoxy) is 1. The van der Waals surface area contributed by atoms with Gasteiger partial charge in [0, 0.05) is 17.7 Å². The average molecular weight is 235 g/mol. The first-order chi connectivity index (χ1) is 8.06. The molecule has 0 amide bonds. The van der Waals surface area contributed by atoms with E-state index in [0.717, 1.165) is 17.7 Å². The van der Waals surface area contributed by atoms with Gasteiger partial charge in [0.2, 0.25) is 0 Å². The van der Waals surface area contributed by atoms with Gasteiger partial charge < -0.3 is 15.2 Å². The maximum absolute atomic E-state index is 9.38. The first-order valence-electron chi connectivity index (χ1n) is 6.28. The van der Waals surface area contributed by atoms with Gasteiger partial charge in [0.05, 0.1) is 6.04 Å². The largest absolute Gasteiger partial charge is 0.508 e. The molecule has 17 heavy (non-hydrogen) atoms. The number of aromatic hydroxyl groups is 1. The number of hydrogen-bond acceptors (Lipinski definition) is 3. The Morgan fingerprint density at radius 2 is 2.18 bits per heavy atom. The minimum atomic E-state index is 0.249. The summed E-state index contributed by atoms with van der Waals surface area (Å²) in [7, 11) is 0. The van der Waals surface area contributed by atoms with Gasteiger partial charge in [-0.3, -0.25) is 0 Å². The normalized spacial score (nSPS) is 20.1. The maximum atomic E-state index is 9.38. The summed E-state index contributed by atoms with van der Waals surface area (Å²) in [6.45, 7) is 7.32. The Morgan fingerprint density at radius 3 is 2.88 bits per heavy atom. The molecule has 0 radical (unpaired) electrons. The first-order valence-corrected chi connectivity index (χ1v) is 6.28. The van der Waals surface area contributed by atoms with Crippen LogP contribution in [0.4, 0.5) is 0 Å². The second-order valence-corrected chi connectivity index (χ2v) is 5.28. The summed E-state index contributed by atoms with van der Waals surface area (Å²) >= 11 is 0. The van der Waals surface area contributed by atoms with Gasteiger partial charge in [-0.2, -0.15) is 0 Å². The molecule has 3 heteroatoms. The molecule has 2 atom stereocenters. The van der Waals surface area contributed by atoms with Crippen molar-refractivity contribution in [3.8, 4) is 11.5 Å². The van der Waals surface area contributed by atoms with Gasteiger partial charge in [-0.25, -0.2) is 0 Å². The van der Waals surface area contributed by atoms with Crippen LogP contribution in [0, 0.1) is 5.92 Å². The molecule has 2 N–H and O–H groups in total. The summed E-state index contributed by atoms with van der Waals surface area (Å²) in [6, 6.07) is 6.07. The zero-order valence-electron chi connectivity index (χ0n) is 10.7. The van der Waals surface area contributed by atoms with Crippen LogP contribution in [0.5, 0.6) is 11.5 Å². The van der Waals surface area contributed by atoms with Crippen molar-refractivity contribution < 1.29 is 9.84 Å². The lowest BCUT2D eigenvalue weighted by Gasteiger charge is -2.20. The number of nitrogens with one attached hydrogen (secondary N) is 1. The third-order valence-corrected chi connectivity index (χ3v) is 3.09. The van der Waals surface area contributed by atoms with Crippen molar-refractivity contribution in [1.29, 1.82) is 0 Å². The van der Waals surface area contributed by atoms with Crippen molar-refractivity contribution in [3.05, 3.63) is 23.8 Å². The number of phenols is 1. The number of benzene rings is 1. The van der Waals surface area contributed by atoms with Gasteiger partial charge >= 0.3 is 0 Å². The van der Waals surface area contributed by atoms with Crippen LogP contribution in [-0.2, 0) is 0 Å². The van der Waals surface area contributed by atoms with E-state index in [0.29, 0.717) is 18.6 Å². The lowest BCUT2D eigenvalue weighted by Crippen LogP contribution is -2.32. The van der Waals surface area contributed by atoms with Gasteiger partial charge in [0.25, 0.3) is 0 Å². The van der Waals surface area contributed by atoms with Gasteiger partial charge in [-0.1, -0.05) is 13.8 Å². The summed E-state index contributed by atoms with van der Waals surface area (Å²) in [4.78, 5) is 0. The zero-order valence-corrected chi connectivity index (χ0v) is 10.7. The summed E-state index contributed by atoms with van der Waals surface area (Å²) in [5, 5.41) is 13.0. The Bertz CT molecular complexity index is 390. The van der Waals surface area contributed by atoms with E-state index in [4.69, 9.17) is 4.74 Å². The molecular weight excluding hydrogens is 214 g/mol. The van der Waals surface area contributed by atoms with Crippen LogP contribution < -0.4 is 10.1 Å². The highest BCUT2D eigenvalue weighted by atomic mass is 16.5. The van der Waals surface area contributed by atoms with E-state index in [1.165, 1.54) is 0 Å². The molecule has 0 aliphatic carbocycles. The Hall–Kier alpha value is -1.22. The SMILES string of the molecule is CC(C)CC(C)NC1COc2cc(O)ccc21. The van der Waals surface area contributed by atoms with Crippen LogP contribution in [0.1, 0.15) is 38.8 Å². The van der Waals surface area contributed by atoms with E-state index in [2.05, 4.69) is 26.1 Å². The number of fused-ring (bicyclic) bond motifs is 1. The van der Waals surface area contributed by atoms with E-state index < -0.39 is 0 Å². The van der Waals surface area contributed by atoms with E-state index >= 15 is 0 Å². The molecule has 0 spiro atoms. The Morgan fingerprint density at radius 1 is 1.41 bits per heavy atom. The summed E-state index contributed by atoms with van der Waals surface area (Å²) in [6.07, 6.45) is 1.16. The molecule has 0 saturated carbocycles. The highest BCUT2D eigenvalue weighted by Gasteiger charge is 2.25. The highest BCUT2D eigenvalue weighted by Crippen LogP contribution is 2.35. The Balaban J connectivity index is 2.02. The molecule has 94 valence electrons. The summed E-state index contributed by atoms with van der Waals surface area (Å²) < 4.78 is 5.58. The topological polar surface area (TPSA) is 41.5 Å². The smallest absolute Gasteiger partial charge is 0.127 e. The Labute approximate surface area is 103 Å². The van der Waals surface area contributed by atoms with Crippen LogP contribution in [-0.4, -0.2) is 17.8 Å². The van der Waals surface area contributed by atoms with Crippen molar-refractivity contribution in [1.82, 2.24) is 5.32 Å².